The minimum Gasteiger partial charge on any atom is -0.285 e. The molecule has 3 nitrogen and oxygen atoms in total. The molecule has 1 aromatic carbocycles. The van der Waals surface area contributed by atoms with E-state index in [1.54, 1.807) is 0 Å². The van der Waals surface area contributed by atoms with E-state index in [4.69, 9.17) is 0 Å². The maximum Gasteiger partial charge on any atom is 0.247 e. The molecule has 66 valence electrons. The summed E-state index contributed by atoms with van der Waals surface area (Å²) in [6.45, 7) is 0. The van der Waals surface area contributed by atoms with Gasteiger partial charge in [-0.2, -0.15) is 0 Å². The zero-order chi connectivity index (χ0) is 9.52. The maximum atomic E-state index is 11.1. The molecule has 0 saturated heterocycles. The lowest BCUT2D eigenvalue weighted by Gasteiger charge is -1.95. The zero-order valence-corrected chi connectivity index (χ0v) is 7.58. The van der Waals surface area contributed by atoms with Crippen molar-refractivity contribution < 1.29 is 9.59 Å². The molecule has 0 N–H and O–H groups in total. The summed E-state index contributed by atoms with van der Waals surface area (Å²) in [7, 11) is 0. The van der Waals surface area contributed by atoms with E-state index in [1.165, 1.54) is 6.08 Å². The normalized spacial score (nSPS) is 8.92. The summed E-state index contributed by atoms with van der Waals surface area (Å²) in [5, 5.41) is -0.158. The Morgan fingerprint density at radius 3 is 2.69 bits per heavy atom. The third kappa shape index (κ3) is 3.69. The van der Waals surface area contributed by atoms with Gasteiger partial charge in [0, 0.05) is 6.42 Å². The largest absolute Gasteiger partial charge is 0.285 e. The van der Waals surface area contributed by atoms with Crippen LogP contribution in [0.25, 0.3) is 0 Å². The molecule has 4 heteroatoms. The first-order valence-corrected chi connectivity index (χ1v) is 4.41. The van der Waals surface area contributed by atoms with Crippen molar-refractivity contribution in [3.63, 3.8) is 0 Å². The second kappa shape index (κ2) is 5.30. The molecule has 0 spiro atoms. The number of hydrogen-bond donors (Lipinski definition) is 0. The Kier molecular flexibility index (Phi) is 3.96. The summed E-state index contributed by atoms with van der Waals surface area (Å²) in [6, 6.07) is 9.30. The van der Waals surface area contributed by atoms with E-state index in [0.717, 1.165) is 5.56 Å². The van der Waals surface area contributed by atoms with Crippen molar-refractivity contribution >= 4 is 23.1 Å². The Bertz CT molecular complexity index is 331. The van der Waals surface area contributed by atoms with Crippen LogP contribution in [-0.4, -0.2) is 11.2 Å². The first-order valence-electron chi connectivity index (χ1n) is 3.64. The molecule has 0 fully saturated rings. The molecule has 1 aromatic rings. The predicted octanol–water partition coefficient (Wildman–Crippen LogP) is 1.74. The molecule has 0 bridgehead atoms. The number of hydrogen-bond acceptors (Lipinski definition) is 4. The number of rotatable bonds is 3. The Hall–Kier alpha value is -1.38. The molecule has 0 unspecified atom stereocenters. The molecule has 0 heterocycles. The van der Waals surface area contributed by atoms with Crippen LogP contribution >= 0.6 is 11.9 Å². The Labute approximate surface area is 80.0 Å². The number of carbonyl (C=O) groups excluding carboxylic acids is 2. The zero-order valence-electron chi connectivity index (χ0n) is 6.77. The molecule has 1 rings (SSSR count). The molecule has 0 aromatic heterocycles. The summed E-state index contributed by atoms with van der Waals surface area (Å²) in [5.41, 5.74) is 0.918. The van der Waals surface area contributed by atoms with Crippen LogP contribution in [0.5, 0.6) is 0 Å². The van der Waals surface area contributed by atoms with Crippen LogP contribution < -0.4 is 0 Å². The summed E-state index contributed by atoms with van der Waals surface area (Å²) in [6.07, 6.45) is 1.59. The van der Waals surface area contributed by atoms with E-state index < -0.39 is 0 Å². The van der Waals surface area contributed by atoms with Crippen molar-refractivity contribution in [2.45, 2.75) is 6.42 Å². The second-order valence-electron chi connectivity index (χ2n) is 2.31. The van der Waals surface area contributed by atoms with Crippen molar-refractivity contribution in [3.8, 4) is 0 Å². The Morgan fingerprint density at radius 2 is 2.08 bits per heavy atom. The van der Waals surface area contributed by atoms with Crippen LogP contribution in [-0.2, 0) is 16.0 Å². The molecule has 0 amide bonds. The lowest BCUT2D eigenvalue weighted by atomic mass is 10.2. The van der Waals surface area contributed by atoms with Gasteiger partial charge in [0.1, 0.15) is 0 Å². The number of benzene rings is 1. The van der Waals surface area contributed by atoms with Crippen LogP contribution in [0.4, 0.5) is 0 Å². The van der Waals surface area contributed by atoms with E-state index in [-0.39, 0.29) is 11.5 Å². The summed E-state index contributed by atoms with van der Waals surface area (Å²) in [5.74, 6) is 0. The standard InChI is InChI=1S/C9H7NO2S/c11-7-10-13-9(12)6-8-4-2-1-3-5-8/h1-5H,6H2. The fourth-order valence-electron chi connectivity index (χ4n) is 0.864. The molecule has 0 aliphatic rings. The van der Waals surface area contributed by atoms with Gasteiger partial charge in [-0.1, -0.05) is 30.3 Å². The van der Waals surface area contributed by atoms with Gasteiger partial charge in [0.25, 0.3) is 0 Å². The monoisotopic (exact) mass is 193 g/mol. The van der Waals surface area contributed by atoms with Crippen molar-refractivity contribution in [2.24, 2.45) is 4.40 Å². The van der Waals surface area contributed by atoms with Gasteiger partial charge in [-0.3, -0.25) is 4.79 Å². The van der Waals surface area contributed by atoms with E-state index in [2.05, 4.69) is 4.40 Å². The smallest absolute Gasteiger partial charge is 0.247 e. The SMILES string of the molecule is O=C=NSC(=O)Cc1ccccc1. The average Bonchev–Trinajstić information content (AvgIpc) is 2.16. The van der Waals surface area contributed by atoms with E-state index in [1.807, 2.05) is 30.3 Å². The van der Waals surface area contributed by atoms with Gasteiger partial charge >= 0.3 is 0 Å². The maximum absolute atomic E-state index is 11.1. The van der Waals surface area contributed by atoms with E-state index in [9.17, 15) is 9.59 Å². The summed E-state index contributed by atoms with van der Waals surface area (Å²) >= 11 is 0.634. The number of nitrogens with zero attached hydrogens (tertiary/aromatic N) is 1. The molecule has 0 saturated carbocycles. The molecular weight excluding hydrogens is 186 g/mol. The van der Waals surface area contributed by atoms with Gasteiger partial charge in [-0.15, -0.1) is 4.40 Å². The highest BCUT2D eigenvalue weighted by atomic mass is 32.2. The van der Waals surface area contributed by atoms with Crippen LogP contribution in [0, 0.1) is 0 Å². The molecule has 0 atom stereocenters. The third-order valence-electron chi connectivity index (χ3n) is 1.38. The fraction of sp³-hybridized carbons (Fsp3) is 0.111. The lowest BCUT2D eigenvalue weighted by Crippen LogP contribution is -1.95. The van der Waals surface area contributed by atoms with E-state index >= 15 is 0 Å². The molecule has 0 aliphatic heterocycles. The van der Waals surface area contributed by atoms with Gasteiger partial charge in [-0.25, -0.2) is 4.79 Å². The van der Waals surface area contributed by atoms with Crippen LogP contribution in [0.1, 0.15) is 5.56 Å². The summed E-state index contributed by atoms with van der Waals surface area (Å²) in [4.78, 5) is 20.8. The number of isocyanates is 1. The van der Waals surface area contributed by atoms with Crippen molar-refractivity contribution in [3.05, 3.63) is 35.9 Å². The molecular formula is C9H7NO2S. The molecule has 0 aliphatic carbocycles. The van der Waals surface area contributed by atoms with Crippen LogP contribution in [0.3, 0.4) is 0 Å². The first kappa shape index (κ1) is 9.71. The van der Waals surface area contributed by atoms with Gasteiger partial charge < -0.3 is 0 Å². The van der Waals surface area contributed by atoms with Gasteiger partial charge in [0.15, 0.2) is 0 Å². The van der Waals surface area contributed by atoms with Crippen molar-refractivity contribution in [1.29, 1.82) is 0 Å². The van der Waals surface area contributed by atoms with Crippen molar-refractivity contribution in [1.82, 2.24) is 0 Å². The van der Waals surface area contributed by atoms with Gasteiger partial charge in [-0.05, 0) is 5.56 Å². The average molecular weight is 193 g/mol. The number of carbonyl (C=O) groups is 1. The second-order valence-corrected chi connectivity index (χ2v) is 3.13. The predicted molar refractivity (Wildman–Crippen MR) is 50.9 cm³/mol. The minimum atomic E-state index is -0.158. The summed E-state index contributed by atoms with van der Waals surface area (Å²) < 4.78 is 3.13. The minimum absolute atomic E-state index is 0.158. The highest BCUT2D eigenvalue weighted by Gasteiger charge is 2.02. The highest BCUT2D eigenvalue weighted by Crippen LogP contribution is 2.08. The topological polar surface area (TPSA) is 46.5 Å². The molecule has 13 heavy (non-hydrogen) atoms. The Balaban J connectivity index is 2.50. The van der Waals surface area contributed by atoms with Crippen molar-refractivity contribution in [2.75, 3.05) is 0 Å². The quantitative estimate of drug-likeness (QED) is 0.417. The van der Waals surface area contributed by atoms with Gasteiger partial charge in [0.2, 0.25) is 11.2 Å². The highest BCUT2D eigenvalue weighted by molar-refractivity contribution is 8.12. The van der Waals surface area contributed by atoms with E-state index in [0.29, 0.717) is 11.9 Å². The lowest BCUT2D eigenvalue weighted by molar-refractivity contribution is -0.110. The van der Waals surface area contributed by atoms with Crippen LogP contribution in [0.15, 0.2) is 34.7 Å². The third-order valence-corrected chi connectivity index (χ3v) is 1.89. The Morgan fingerprint density at radius 1 is 1.38 bits per heavy atom. The first-order chi connectivity index (χ1) is 6.33. The van der Waals surface area contributed by atoms with Gasteiger partial charge in [0.05, 0.1) is 11.9 Å². The van der Waals surface area contributed by atoms with Crippen LogP contribution in [0.2, 0.25) is 0 Å². The fourth-order valence-corrected chi connectivity index (χ4v) is 1.23. The molecule has 0 radical (unpaired) electrons.